The van der Waals surface area contributed by atoms with Crippen molar-refractivity contribution in [1.29, 1.82) is 0 Å². The van der Waals surface area contributed by atoms with Crippen LogP contribution in [0.15, 0.2) is 0 Å². The van der Waals surface area contributed by atoms with E-state index in [0.29, 0.717) is 6.42 Å². The van der Waals surface area contributed by atoms with Crippen LogP contribution in [0.5, 0.6) is 0 Å². The summed E-state index contributed by atoms with van der Waals surface area (Å²) < 4.78 is 0. The van der Waals surface area contributed by atoms with Gasteiger partial charge in [0.05, 0.1) is 6.54 Å². The number of amides is 3. The summed E-state index contributed by atoms with van der Waals surface area (Å²) in [6, 6.07) is -1.29. The van der Waals surface area contributed by atoms with Gasteiger partial charge >= 0.3 is 5.97 Å². The van der Waals surface area contributed by atoms with Crippen LogP contribution in [0.25, 0.3) is 0 Å². The maximum absolute atomic E-state index is 12.0. The molecule has 0 aliphatic heterocycles. The number of aliphatic carboxylic acids is 1. The number of hydrogen-bond donors (Lipinski definition) is 4. The molecule has 1 aliphatic carbocycles. The molecule has 0 bridgehead atoms. The smallest absolute Gasteiger partial charge is 0.326 e. The minimum Gasteiger partial charge on any atom is -0.480 e. The third kappa shape index (κ3) is 8.31. The molecule has 4 N–H and O–H groups in total. The molecule has 3 amide bonds. The van der Waals surface area contributed by atoms with Crippen molar-refractivity contribution in [3.05, 3.63) is 0 Å². The van der Waals surface area contributed by atoms with E-state index in [1.807, 2.05) is 13.8 Å². The van der Waals surface area contributed by atoms with Crippen molar-refractivity contribution in [2.24, 2.45) is 11.8 Å². The van der Waals surface area contributed by atoms with Crippen LogP contribution in [-0.4, -0.2) is 47.4 Å². The molecule has 2 atom stereocenters. The molecule has 1 saturated carbocycles. The summed E-state index contributed by atoms with van der Waals surface area (Å²) in [6.45, 7) is 5.19. The Hall–Kier alpha value is -2.12. The number of hydrogen-bond acceptors (Lipinski definition) is 4. The summed E-state index contributed by atoms with van der Waals surface area (Å²) in [4.78, 5) is 46.9. The second-order valence-corrected chi connectivity index (χ2v) is 7.46. The zero-order valence-electron chi connectivity index (χ0n) is 15.8. The summed E-state index contributed by atoms with van der Waals surface area (Å²) >= 11 is 0. The van der Waals surface area contributed by atoms with Gasteiger partial charge in [-0.25, -0.2) is 4.79 Å². The summed E-state index contributed by atoms with van der Waals surface area (Å²) in [5, 5.41) is 16.8. The Morgan fingerprint density at radius 3 is 2.15 bits per heavy atom. The molecule has 8 heteroatoms. The van der Waals surface area contributed by atoms with Crippen LogP contribution in [0.3, 0.4) is 0 Å². The van der Waals surface area contributed by atoms with Gasteiger partial charge < -0.3 is 21.1 Å². The van der Waals surface area contributed by atoms with Crippen molar-refractivity contribution in [1.82, 2.24) is 16.0 Å². The Labute approximate surface area is 154 Å². The average molecular weight is 369 g/mol. The van der Waals surface area contributed by atoms with Gasteiger partial charge in [0.25, 0.3) is 0 Å². The Balaban J connectivity index is 2.30. The van der Waals surface area contributed by atoms with Crippen LogP contribution < -0.4 is 16.0 Å². The predicted molar refractivity (Wildman–Crippen MR) is 96.2 cm³/mol. The lowest BCUT2D eigenvalue weighted by Crippen LogP contribution is -2.47. The average Bonchev–Trinajstić information content (AvgIpc) is 3.06. The monoisotopic (exact) mass is 369 g/mol. The van der Waals surface area contributed by atoms with E-state index in [2.05, 4.69) is 16.0 Å². The molecule has 0 aromatic heterocycles. The van der Waals surface area contributed by atoms with Crippen molar-refractivity contribution in [2.45, 2.75) is 71.4 Å². The summed E-state index contributed by atoms with van der Waals surface area (Å²) in [6.07, 6.45) is 4.31. The molecule has 0 aromatic carbocycles. The van der Waals surface area contributed by atoms with Crippen molar-refractivity contribution in [3.63, 3.8) is 0 Å². The third-order valence-corrected chi connectivity index (χ3v) is 4.39. The van der Waals surface area contributed by atoms with Gasteiger partial charge in [0.1, 0.15) is 6.04 Å². The highest BCUT2D eigenvalue weighted by Crippen LogP contribution is 2.24. The second-order valence-electron chi connectivity index (χ2n) is 7.46. The molecule has 8 nitrogen and oxygen atoms in total. The molecular weight excluding hydrogens is 338 g/mol. The van der Waals surface area contributed by atoms with Crippen molar-refractivity contribution >= 4 is 23.7 Å². The van der Waals surface area contributed by atoms with Gasteiger partial charge in [-0.15, -0.1) is 0 Å². The first-order chi connectivity index (χ1) is 12.2. The molecule has 0 radical (unpaired) electrons. The summed E-state index contributed by atoms with van der Waals surface area (Å²) in [5.41, 5.74) is 0. The molecule has 0 spiro atoms. The fourth-order valence-corrected chi connectivity index (χ4v) is 3.07. The Bertz CT molecular complexity index is 515. The standard InChI is InChI=1S/C18H31N3O5/c1-11(2)8-14(18(25)26)21-16(23)10-19-15(22)9-12(3)20-17(24)13-6-4-5-7-13/h11-14H,4-10H2,1-3H3,(H,19,22)(H,20,24)(H,21,23)(H,25,26)/t12?,14-/m0/s1. The minimum atomic E-state index is -1.10. The van der Waals surface area contributed by atoms with Crippen molar-refractivity contribution in [2.75, 3.05) is 6.54 Å². The van der Waals surface area contributed by atoms with Gasteiger partial charge in [-0.3, -0.25) is 14.4 Å². The van der Waals surface area contributed by atoms with Gasteiger partial charge in [-0.2, -0.15) is 0 Å². The number of carbonyl (C=O) groups excluding carboxylic acids is 3. The lowest BCUT2D eigenvalue weighted by Gasteiger charge is -2.18. The van der Waals surface area contributed by atoms with Gasteiger partial charge in [-0.1, -0.05) is 26.7 Å². The number of nitrogens with one attached hydrogen (secondary N) is 3. The van der Waals surface area contributed by atoms with E-state index in [-0.39, 0.29) is 42.7 Å². The third-order valence-electron chi connectivity index (χ3n) is 4.39. The zero-order chi connectivity index (χ0) is 19.7. The van der Waals surface area contributed by atoms with E-state index in [0.717, 1.165) is 25.7 Å². The summed E-state index contributed by atoms with van der Waals surface area (Å²) in [7, 11) is 0. The van der Waals surface area contributed by atoms with Crippen LogP contribution in [0.4, 0.5) is 0 Å². The van der Waals surface area contributed by atoms with Gasteiger partial charge in [0.2, 0.25) is 17.7 Å². The molecule has 148 valence electrons. The van der Waals surface area contributed by atoms with Crippen LogP contribution in [0, 0.1) is 11.8 Å². The normalized spacial score (nSPS) is 16.8. The van der Waals surface area contributed by atoms with Gasteiger partial charge in [0.15, 0.2) is 0 Å². The SMILES string of the molecule is CC(C)C[C@H](NC(=O)CNC(=O)CC(C)NC(=O)C1CCCC1)C(=O)O. The number of carbonyl (C=O) groups is 4. The van der Waals surface area contributed by atoms with Gasteiger partial charge in [0, 0.05) is 18.4 Å². The summed E-state index contributed by atoms with van der Waals surface area (Å²) in [5.74, 6) is -1.86. The van der Waals surface area contributed by atoms with Crippen LogP contribution in [0.2, 0.25) is 0 Å². The van der Waals surface area contributed by atoms with E-state index in [4.69, 9.17) is 5.11 Å². The maximum Gasteiger partial charge on any atom is 0.326 e. The Morgan fingerprint density at radius 2 is 1.62 bits per heavy atom. The number of rotatable bonds is 10. The molecule has 0 heterocycles. The zero-order valence-corrected chi connectivity index (χ0v) is 15.8. The largest absolute Gasteiger partial charge is 0.480 e. The molecule has 1 fully saturated rings. The molecule has 1 rings (SSSR count). The molecule has 0 saturated heterocycles. The highest BCUT2D eigenvalue weighted by atomic mass is 16.4. The lowest BCUT2D eigenvalue weighted by atomic mass is 10.0. The molecule has 1 unspecified atom stereocenters. The quantitative estimate of drug-likeness (QED) is 0.453. The van der Waals surface area contributed by atoms with E-state index < -0.39 is 17.9 Å². The molecule has 26 heavy (non-hydrogen) atoms. The van der Waals surface area contributed by atoms with Crippen molar-refractivity contribution < 1.29 is 24.3 Å². The predicted octanol–water partition coefficient (Wildman–Crippen LogP) is 0.803. The fraction of sp³-hybridized carbons (Fsp3) is 0.778. The van der Waals surface area contributed by atoms with Crippen LogP contribution in [-0.2, 0) is 19.2 Å². The van der Waals surface area contributed by atoms with E-state index in [9.17, 15) is 19.2 Å². The van der Waals surface area contributed by atoms with E-state index in [1.54, 1.807) is 6.92 Å². The van der Waals surface area contributed by atoms with E-state index >= 15 is 0 Å². The topological polar surface area (TPSA) is 125 Å². The van der Waals surface area contributed by atoms with Gasteiger partial charge in [-0.05, 0) is 32.1 Å². The Kier molecular flexibility index (Phi) is 9.09. The second kappa shape index (κ2) is 10.8. The lowest BCUT2D eigenvalue weighted by molar-refractivity contribution is -0.142. The highest BCUT2D eigenvalue weighted by Gasteiger charge is 2.24. The maximum atomic E-state index is 12.0. The fourth-order valence-electron chi connectivity index (χ4n) is 3.07. The first-order valence-corrected chi connectivity index (χ1v) is 9.28. The molecule has 0 aromatic rings. The molecular formula is C18H31N3O5. The highest BCUT2D eigenvalue weighted by molar-refractivity contribution is 5.88. The first-order valence-electron chi connectivity index (χ1n) is 9.28. The number of carboxylic acids is 1. The van der Waals surface area contributed by atoms with Crippen molar-refractivity contribution in [3.8, 4) is 0 Å². The Morgan fingerprint density at radius 1 is 1.00 bits per heavy atom. The minimum absolute atomic E-state index is 0.0153. The van der Waals surface area contributed by atoms with Crippen LogP contribution >= 0.6 is 0 Å². The number of carboxylic acid groups (broad SMARTS) is 1. The molecule has 1 aliphatic rings. The van der Waals surface area contributed by atoms with Crippen LogP contribution in [0.1, 0.15) is 59.3 Å². The first kappa shape index (κ1) is 21.9. The van der Waals surface area contributed by atoms with E-state index in [1.165, 1.54) is 0 Å².